The van der Waals surface area contributed by atoms with E-state index in [1.165, 1.54) is 6.92 Å². The Hall–Kier alpha value is -1.25. The average molecular weight is 263 g/mol. The first-order valence-corrected chi connectivity index (χ1v) is 6.05. The van der Waals surface area contributed by atoms with Crippen LogP contribution in [0, 0.1) is 12.7 Å². The number of nitrogens with one attached hydrogen (secondary N) is 2. The minimum absolute atomic E-state index is 0.0438. The van der Waals surface area contributed by atoms with Gasteiger partial charge in [-0.25, -0.2) is 12.8 Å². The van der Waals surface area contributed by atoms with Crippen molar-refractivity contribution < 1.29 is 12.8 Å². The molecule has 0 aliphatic rings. The lowest BCUT2D eigenvalue weighted by molar-refractivity contribution is 0.576. The summed E-state index contributed by atoms with van der Waals surface area (Å²) < 4.78 is 36.1. The smallest absolute Gasteiger partial charge is 0.257 e. The highest BCUT2D eigenvalue weighted by atomic mass is 32.2. The van der Waals surface area contributed by atoms with Crippen molar-refractivity contribution in [3.8, 4) is 0 Å². The SMILES string of the molecule is Cc1cc(F)ccc1S(=O)(=O)NNC(N)=S. The van der Waals surface area contributed by atoms with E-state index >= 15 is 0 Å². The number of hydrogen-bond donors (Lipinski definition) is 3. The summed E-state index contributed by atoms with van der Waals surface area (Å²) in [6, 6.07) is 3.34. The standard InChI is InChI=1S/C8H10FN3O2S2/c1-5-4-6(9)2-3-7(5)16(13,14)12-11-8(10)15/h2-4,12H,1H3,(H3,10,11,15). The van der Waals surface area contributed by atoms with Crippen LogP contribution in [0.3, 0.4) is 0 Å². The molecule has 5 nitrogen and oxygen atoms in total. The van der Waals surface area contributed by atoms with Crippen LogP contribution >= 0.6 is 12.2 Å². The first kappa shape index (κ1) is 12.8. The first-order chi connectivity index (χ1) is 7.33. The van der Waals surface area contributed by atoms with Crippen LogP contribution in [0.1, 0.15) is 5.56 Å². The Morgan fingerprint density at radius 1 is 1.50 bits per heavy atom. The highest BCUT2D eigenvalue weighted by Crippen LogP contribution is 2.15. The molecule has 0 saturated heterocycles. The van der Waals surface area contributed by atoms with Crippen molar-refractivity contribution in [2.75, 3.05) is 0 Å². The van der Waals surface area contributed by atoms with Crippen molar-refractivity contribution in [3.63, 3.8) is 0 Å². The topological polar surface area (TPSA) is 84.2 Å². The van der Waals surface area contributed by atoms with Gasteiger partial charge in [0.1, 0.15) is 5.82 Å². The van der Waals surface area contributed by atoms with Gasteiger partial charge in [-0.15, -0.1) is 4.83 Å². The van der Waals surface area contributed by atoms with Gasteiger partial charge in [0.25, 0.3) is 10.0 Å². The average Bonchev–Trinajstić information content (AvgIpc) is 2.14. The van der Waals surface area contributed by atoms with Gasteiger partial charge in [-0.05, 0) is 42.9 Å². The molecule has 0 aliphatic heterocycles. The Morgan fingerprint density at radius 3 is 2.62 bits per heavy atom. The predicted octanol–water partition coefficient (Wildman–Crippen LogP) is 0.161. The summed E-state index contributed by atoms with van der Waals surface area (Å²) in [6.07, 6.45) is 0. The van der Waals surface area contributed by atoms with Crippen molar-refractivity contribution in [2.45, 2.75) is 11.8 Å². The summed E-state index contributed by atoms with van der Waals surface area (Å²) >= 11 is 4.45. The van der Waals surface area contributed by atoms with Gasteiger partial charge >= 0.3 is 0 Å². The molecule has 0 amide bonds. The van der Waals surface area contributed by atoms with Crippen LogP contribution in [-0.2, 0) is 10.0 Å². The first-order valence-electron chi connectivity index (χ1n) is 4.16. The predicted molar refractivity (Wildman–Crippen MR) is 61.4 cm³/mol. The van der Waals surface area contributed by atoms with Gasteiger partial charge in [0.2, 0.25) is 0 Å². The maximum Gasteiger partial charge on any atom is 0.257 e. The molecule has 0 spiro atoms. The molecule has 0 bridgehead atoms. The number of hydrazine groups is 1. The van der Waals surface area contributed by atoms with Gasteiger partial charge in [0.15, 0.2) is 5.11 Å². The maximum absolute atomic E-state index is 12.8. The molecule has 1 aromatic carbocycles. The van der Waals surface area contributed by atoms with Crippen molar-refractivity contribution in [1.29, 1.82) is 0 Å². The van der Waals surface area contributed by atoms with Crippen LogP contribution in [0.25, 0.3) is 0 Å². The maximum atomic E-state index is 12.8. The molecule has 1 aromatic rings. The lowest BCUT2D eigenvalue weighted by atomic mass is 10.2. The summed E-state index contributed by atoms with van der Waals surface area (Å²) in [5.41, 5.74) is 7.47. The lowest BCUT2D eigenvalue weighted by Gasteiger charge is -2.09. The third-order valence-corrected chi connectivity index (χ3v) is 3.25. The highest BCUT2D eigenvalue weighted by Gasteiger charge is 2.16. The van der Waals surface area contributed by atoms with Gasteiger partial charge in [-0.3, -0.25) is 5.43 Å². The van der Waals surface area contributed by atoms with E-state index in [2.05, 4.69) is 17.6 Å². The molecule has 1 rings (SSSR count). The minimum Gasteiger partial charge on any atom is -0.375 e. The molecule has 8 heteroatoms. The number of halogens is 1. The molecule has 88 valence electrons. The number of benzene rings is 1. The molecule has 16 heavy (non-hydrogen) atoms. The molecule has 0 aromatic heterocycles. The van der Waals surface area contributed by atoms with Gasteiger partial charge < -0.3 is 5.73 Å². The largest absolute Gasteiger partial charge is 0.375 e. The molecule has 0 radical (unpaired) electrons. The lowest BCUT2D eigenvalue weighted by Crippen LogP contribution is -2.44. The number of sulfonamides is 1. The second-order valence-corrected chi connectivity index (χ2v) is 5.10. The van der Waals surface area contributed by atoms with Crippen molar-refractivity contribution >= 4 is 27.4 Å². The molecule has 0 unspecified atom stereocenters. The Balaban J connectivity index is 3.03. The van der Waals surface area contributed by atoms with Crippen LogP contribution in [-0.4, -0.2) is 13.5 Å². The number of rotatable bonds is 3. The third kappa shape index (κ3) is 3.12. The van der Waals surface area contributed by atoms with E-state index < -0.39 is 15.8 Å². The van der Waals surface area contributed by atoms with E-state index in [1.54, 1.807) is 0 Å². The second kappa shape index (κ2) is 4.73. The summed E-state index contributed by atoms with van der Waals surface area (Å²) in [7, 11) is -3.80. The number of nitrogens with two attached hydrogens (primary N) is 1. The fourth-order valence-electron chi connectivity index (χ4n) is 1.09. The van der Waals surface area contributed by atoms with E-state index in [0.717, 1.165) is 18.2 Å². The summed E-state index contributed by atoms with van der Waals surface area (Å²) in [5.74, 6) is -0.501. The van der Waals surface area contributed by atoms with E-state index in [9.17, 15) is 12.8 Å². The number of aryl methyl sites for hydroxylation is 1. The van der Waals surface area contributed by atoms with Gasteiger partial charge in [-0.1, -0.05) is 0 Å². The van der Waals surface area contributed by atoms with Gasteiger partial charge in [0.05, 0.1) is 4.90 Å². The molecule has 0 aliphatic carbocycles. The molecule has 0 heterocycles. The third-order valence-electron chi connectivity index (χ3n) is 1.74. The minimum atomic E-state index is -3.80. The van der Waals surface area contributed by atoms with E-state index in [4.69, 9.17) is 5.73 Å². The summed E-state index contributed by atoms with van der Waals surface area (Å²) in [5, 5.41) is -0.205. The van der Waals surface area contributed by atoms with Crippen LogP contribution in [0.4, 0.5) is 4.39 Å². The summed E-state index contributed by atoms with van der Waals surface area (Å²) in [4.78, 5) is 1.92. The van der Waals surface area contributed by atoms with Gasteiger partial charge in [-0.2, -0.15) is 0 Å². The molecule has 0 fully saturated rings. The monoisotopic (exact) mass is 263 g/mol. The Labute approximate surface area is 97.9 Å². The molecule has 4 N–H and O–H groups in total. The summed E-state index contributed by atoms with van der Waals surface area (Å²) in [6.45, 7) is 1.48. The molecular weight excluding hydrogens is 253 g/mol. The highest BCUT2D eigenvalue weighted by molar-refractivity contribution is 7.89. The fraction of sp³-hybridized carbons (Fsp3) is 0.125. The van der Waals surface area contributed by atoms with Crippen LogP contribution in [0.5, 0.6) is 0 Å². The Kier molecular flexibility index (Phi) is 3.79. The molecule has 0 atom stereocenters. The van der Waals surface area contributed by atoms with Crippen LogP contribution in [0.15, 0.2) is 23.1 Å². The van der Waals surface area contributed by atoms with Crippen molar-refractivity contribution in [1.82, 2.24) is 10.3 Å². The van der Waals surface area contributed by atoms with E-state index in [-0.39, 0.29) is 15.6 Å². The van der Waals surface area contributed by atoms with Crippen molar-refractivity contribution in [2.24, 2.45) is 5.73 Å². The van der Waals surface area contributed by atoms with Crippen LogP contribution < -0.4 is 16.0 Å². The zero-order valence-corrected chi connectivity index (χ0v) is 9.95. The number of thiocarbonyl (C=S) groups is 1. The van der Waals surface area contributed by atoms with E-state index in [0.29, 0.717) is 0 Å². The Bertz CT molecular complexity index is 516. The van der Waals surface area contributed by atoms with E-state index in [1.807, 2.05) is 4.83 Å². The molecular formula is C8H10FN3O2S2. The number of hydrogen-bond acceptors (Lipinski definition) is 3. The fourth-order valence-corrected chi connectivity index (χ4v) is 2.29. The zero-order chi connectivity index (χ0) is 12.3. The normalized spacial score (nSPS) is 11.1. The van der Waals surface area contributed by atoms with Gasteiger partial charge in [0, 0.05) is 0 Å². The Morgan fingerprint density at radius 2 is 2.12 bits per heavy atom. The second-order valence-electron chi connectivity index (χ2n) is 3.00. The zero-order valence-electron chi connectivity index (χ0n) is 8.32. The quantitative estimate of drug-likeness (QED) is 0.534. The van der Waals surface area contributed by atoms with Crippen LogP contribution in [0.2, 0.25) is 0 Å². The van der Waals surface area contributed by atoms with Crippen molar-refractivity contribution in [3.05, 3.63) is 29.6 Å². The molecule has 0 saturated carbocycles.